The van der Waals surface area contributed by atoms with Gasteiger partial charge in [0.1, 0.15) is 0 Å². The maximum absolute atomic E-state index is 12.1. The summed E-state index contributed by atoms with van der Waals surface area (Å²) in [4.78, 5) is 12.1. The molecule has 0 fully saturated rings. The summed E-state index contributed by atoms with van der Waals surface area (Å²) < 4.78 is 4.91. The van der Waals surface area contributed by atoms with Gasteiger partial charge in [0.15, 0.2) is 11.5 Å². The van der Waals surface area contributed by atoms with Crippen LogP contribution in [0.15, 0.2) is 36.4 Å². The molecule has 2 aromatic rings. The second kappa shape index (κ2) is 6.16. The van der Waals surface area contributed by atoms with Crippen LogP contribution in [-0.2, 0) is 0 Å². The van der Waals surface area contributed by atoms with Crippen molar-refractivity contribution >= 4 is 23.2 Å². The molecule has 2 rings (SSSR count). The van der Waals surface area contributed by atoms with E-state index in [1.165, 1.54) is 31.4 Å². The molecule has 0 aliphatic carbocycles. The van der Waals surface area contributed by atoms with E-state index in [2.05, 4.69) is 5.32 Å². The zero-order chi connectivity index (χ0) is 15.4. The number of carbonyl (C=O) groups is 1. The van der Waals surface area contributed by atoms with Gasteiger partial charge in [-0.25, -0.2) is 0 Å². The topological polar surface area (TPSA) is 82.3 Å². The van der Waals surface area contributed by atoms with Gasteiger partial charge >= 0.3 is 0 Å². The molecule has 0 aromatic heterocycles. The zero-order valence-corrected chi connectivity index (χ0v) is 11.8. The summed E-state index contributed by atoms with van der Waals surface area (Å²) in [5, 5.41) is 21.3. The highest BCUT2D eigenvalue weighted by Gasteiger charge is 2.11. The number of rotatable bonds is 3. The molecule has 0 aliphatic rings. The summed E-state index contributed by atoms with van der Waals surface area (Å²) >= 11 is 5.98. The number of anilines is 1. The van der Waals surface area contributed by atoms with Gasteiger partial charge in [-0.05, 0) is 36.4 Å². The number of nitriles is 1. The van der Waals surface area contributed by atoms with Crippen LogP contribution in [0, 0.1) is 11.3 Å². The fraction of sp³-hybridized carbons (Fsp3) is 0.0667. The number of hydrogen-bond donors (Lipinski definition) is 2. The molecule has 2 aromatic carbocycles. The van der Waals surface area contributed by atoms with Gasteiger partial charge < -0.3 is 15.2 Å². The molecular formula is C15H11ClN2O3. The number of aromatic hydroxyl groups is 1. The van der Waals surface area contributed by atoms with Crippen molar-refractivity contribution < 1.29 is 14.6 Å². The number of ether oxygens (including phenoxy) is 1. The fourth-order valence-electron chi connectivity index (χ4n) is 1.71. The zero-order valence-electron chi connectivity index (χ0n) is 11.1. The monoisotopic (exact) mass is 302 g/mol. The lowest BCUT2D eigenvalue weighted by Crippen LogP contribution is -2.12. The molecule has 0 atom stereocenters. The van der Waals surface area contributed by atoms with Crippen LogP contribution >= 0.6 is 11.6 Å². The molecular weight excluding hydrogens is 292 g/mol. The van der Waals surface area contributed by atoms with Gasteiger partial charge in [-0.2, -0.15) is 5.26 Å². The van der Waals surface area contributed by atoms with Gasteiger partial charge in [0.25, 0.3) is 5.91 Å². The lowest BCUT2D eigenvalue weighted by molar-refractivity contribution is 0.102. The number of hydrogen-bond acceptors (Lipinski definition) is 4. The van der Waals surface area contributed by atoms with Crippen molar-refractivity contribution in [2.75, 3.05) is 12.4 Å². The molecule has 21 heavy (non-hydrogen) atoms. The van der Waals surface area contributed by atoms with Gasteiger partial charge in [0.05, 0.1) is 29.5 Å². The summed E-state index contributed by atoms with van der Waals surface area (Å²) in [5.41, 5.74) is 1.05. The maximum Gasteiger partial charge on any atom is 0.255 e. The number of phenols is 1. The molecule has 1 amide bonds. The Balaban J connectivity index is 2.22. The maximum atomic E-state index is 12.1. The van der Waals surface area contributed by atoms with Crippen LogP contribution in [-0.4, -0.2) is 18.1 Å². The van der Waals surface area contributed by atoms with Crippen molar-refractivity contribution in [1.29, 1.82) is 5.26 Å². The van der Waals surface area contributed by atoms with Crippen LogP contribution in [0.2, 0.25) is 5.02 Å². The van der Waals surface area contributed by atoms with Crippen molar-refractivity contribution in [3.63, 3.8) is 0 Å². The molecule has 0 saturated carbocycles. The highest BCUT2D eigenvalue weighted by Crippen LogP contribution is 2.27. The van der Waals surface area contributed by atoms with Gasteiger partial charge in [-0.3, -0.25) is 4.79 Å². The predicted octanol–water partition coefficient (Wildman–Crippen LogP) is 3.18. The third-order valence-electron chi connectivity index (χ3n) is 2.79. The Bertz CT molecular complexity index is 738. The average molecular weight is 303 g/mol. The number of nitrogens with one attached hydrogen (secondary N) is 1. The van der Waals surface area contributed by atoms with Gasteiger partial charge in [0, 0.05) is 5.56 Å². The lowest BCUT2D eigenvalue weighted by Gasteiger charge is -2.09. The van der Waals surface area contributed by atoms with Crippen LogP contribution in [0.4, 0.5) is 5.69 Å². The first-order chi connectivity index (χ1) is 10.0. The molecule has 5 nitrogen and oxygen atoms in total. The second-order valence-corrected chi connectivity index (χ2v) is 4.55. The molecule has 0 aliphatic heterocycles. The van der Waals surface area contributed by atoms with E-state index in [1.807, 2.05) is 6.07 Å². The van der Waals surface area contributed by atoms with Gasteiger partial charge in [0.2, 0.25) is 0 Å². The molecule has 0 radical (unpaired) electrons. The predicted molar refractivity (Wildman–Crippen MR) is 78.8 cm³/mol. The minimum absolute atomic E-state index is 0.129. The van der Waals surface area contributed by atoms with E-state index in [4.69, 9.17) is 21.6 Å². The van der Waals surface area contributed by atoms with E-state index in [9.17, 15) is 9.90 Å². The molecule has 0 spiro atoms. The Morgan fingerprint density at radius 2 is 2.10 bits per heavy atom. The van der Waals surface area contributed by atoms with Gasteiger partial charge in [-0.15, -0.1) is 0 Å². The second-order valence-electron chi connectivity index (χ2n) is 4.15. The first-order valence-electron chi connectivity index (χ1n) is 5.93. The normalized spacial score (nSPS) is 9.76. The van der Waals surface area contributed by atoms with E-state index in [0.29, 0.717) is 11.3 Å². The highest BCUT2D eigenvalue weighted by molar-refractivity contribution is 6.34. The Morgan fingerprint density at radius 1 is 1.33 bits per heavy atom. The van der Waals surface area contributed by atoms with Crippen molar-refractivity contribution in [3.05, 3.63) is 52.5 Å². The average Bonchev–Trinajstić information content (AvgIpc) is 2.49. The minimum Gasteiger partial charge on any atom is -0.504 e. The summed E-state index contributed by atoms with van der Waals surface area (Å²) in [6.07, 6.45) is 0. The first-order valence-corrected chi connectivity index (χ1v) is 6.31. The number of carbonyl (C=O) groups excluding carboxylic acids is 1. The van der Waals surface area contributed by atoms with Crippen molar-refractivity contribution in [3.8, 4) is 17.6 Å². The summed E-state index contributed by atoms with van der Waals surface area (Å²) in [7, 11) is 1.42. The van der Waals surface area contributed by atoms with Gasteiger partial charge in [-0.1, -0.05) is 11.6 Å². The van der Waals surface area contributed by atoms with E-state index in [0.717, 1.165) is 0 Å². The number of benzene rings is 2. The Labute approximate surface area is 126 Å². The third kappa shape index (κ3) is 3.25. The van der Waals surface area contributed by atoms with Crippen molar-refractivity contribution in [2.24, 2.45) is 0 Å². The molecule has 0 saturated heterocycles. The Morgan fingerprint density at radius 3 is 2.67 bits per heavy atom. The quantitative estimate of drug-likeness (QED) is 0.912. The van der Waals surface area contributed by atoms with Crippen molar-refractivity contribution in [1.82, 2.24) is 0 Å². The largest absolute Gasteiger partial charge is 0.504 e. The van der Waals surface area contributed by atoms with E-state index < -0.39 is 5.91 Å². The van der Waals surface area contributed by atoms with Crippen molar-refractivity contribution in [2.45, 2.75) is 0 Å². The number of nitrogens with zero attached hydrogens (tertiary/aromatic N) is 1. The minimum atomic E-state index is -0.431. The smallest absolute Gasteiger partial charge is 0.255 e. The molecule has 0 heterocycles. The van der Waals surface area contributed by atoms with E-state index >= 15 is 0 Å². The number of amides is 1. The van der Waals surface area contributed by atoms with E-state index in [1.54, 1.807) is 12.1 Å². The number of halogens is 1. The van der Waals surface area contributed by atoms with Crippen LogP contribution in [0.25, 0.3) is 0 Å². The SMILES string of the molecule is COc1ccc(C(=O)Nc2ccc(C#N)cc2Cl)cc1O. The van der Waals surface area contributed by atoms with E-state index in [-0.39, 0.29) is 22.1 Å². The highest BCUT2D eigenvalue weighted by atomic mass is 35.5. The summed E-state index contributed by atoms with van der Waals surface area (Å²) in [6, 6.07) is 10.8. The molecule has 0 unspecified atom stereocenters. The number of methoxy groups -OCH3 is 1. The summed E-state index contributed by atoms with van der Waals surface area (Å²) in [6.45, 7) is 0. The fourth-order valence-corrected chi connectivity index (χ4v) is 1.94. The van der Waals surface area contributed by atoms with Crippen LogP contribution in [0.1, 0.15) is 15.9 Å². The summed E-state index contributed by atoms with van der Waals surface area (Å²) in [5.74, 6) is -0.279. The van der Waals surface area contributed by atoms with Crippen LogP contribution < -0.4 is 10.1 Å². The Hall–Kier alpha value is -2.71. The lowest BCUT2D eigenvalue weighted by atomic mass is 10.1. The standard InChI is InChI=1S/C15H11ClN2O3/c1-21-14-5-3-10(7-13(14)19)15(20)18-12-4-2-9(8-17)6-11(12)16/h2-7,19H,1H3,(H,18,20). The van der Waals surface area contributed by atoms with Crippen LogP contribution in [0.3, 0.4) is 0 Å². The first kappa shape index (κ1) is 14.7. The molecule has 2 N–H and O–H groups in total. The Kier molecular flexibility index (Phi) is 4.31. The van der Waals surface area contributed by atoms with Crippen LogP contribution in [0.5, 0.6) is 11.5 Å². The third-order valence-corrected chi connectivity index (χ3v) is 3.10. The molecule has 106 valence electrons. The molecule has 0 bridgehead atoms. The number of phenolic OH excluding ortho intramolecular Hbond substituents is 1. The molecule has 6 heteroatoms.